The van der Waals surface area contributed by atoms with E-state index in [1.54, 1.807) is 35.0 Å². The molecule has 3 aromatic carbocycles. The lowest BCUT2D eigenvalue weighted by Crippen LogP contribution is -2.18. The van der Waals surface area contributed by atoms with E-state index in [2.05, 4.69) is 21.7 Å². The summed E-state index contributed by atoms with van der Waals surface area (Å²) in [6, 6.07) is 26.0. The van der Waals surface area contributed by atoms with Crippen molar-refractivity contribution in [2.45, 2.75) is 6.92 Å². The van der Waals surface area contributed by atoms with Gasteiger partial charge in [-0.15, -0.1) is 0 Å². The molecule has 0 radical (unpaired) electrons. The molecular formula is C28H19N7O3. The van der Waals surface area contributed by atoms with E-state index in [0.717, 1.165) is 11.3 Å². The Morgan fingerprint density at radius 3 is 2.45 bits per heavy atom. The van der Waals surface area contributed by atoms with Gasteiger partial charge in [-0.2, -0.15) is 15.5 Å². The predicted molar refractivity (Wildman–Crippen MR) is 142 cm³/mol. The molecule has 0 aliphatic rings. The number of rotatable bonds is 6. The summed E-state index contributed by atoms with van der Waals surface area (Å²) in [6.07, 6.45) is 1.40. The maximum atomic E-state index is 13.4. The van der Waals surface area contributed by atoms with Gasteiger partial charge >= 0.3 is 0 Å². The van der Waals surface area contributed by atoms with Crippen LogP contribution in [0.15, 0.2) is 90.0 Å². The molecule has 2 aromatic heterocycles. The van der Waals surface area contributed by atoms with Crippen molar-refractivity contribution in [3.63, 3.8) is 0 Å². The Morgan fingerprint density at radius 2 is 1.79 bits per heavy atom. The van der Waals surface area contributed by atoms with Gasteiger partial charge in [0.05, 0.1) is 50.8 Å². The molecule has 0 spiro atoms. The second-order valence-corrected chi connectivity index (χ2v) is 8.32. The molecule has 10 heteroatoms. The third-order valence-electron chi connectivity index (χ3n) is 5.85. The number of aromatic nitrogens is 3. The minimum Gasteiger partial charge on any atom is -0.267 e. The zero-order chi connectivity index (χ0) is 26.6. The van der Waals surface area contributed by atoms with E-state index >= 15 is 0 Å². The van der Waals surface area contributed by atoms with E-state index in [1.165, 1.54) is 30.5 Å². The number of nitro groups is 1. The van der Waals surface area contributed by atoms with Crippen molar-refractivity contribution in [2.24, 2.45) is 5.10 Å². The number of carbonyl (C=O) groups excluding carboxylic acids is 1. The summed E-state index contributed by atoms with van der Waals surface area (Å²) in [6.45, 7) is 1.81. The summed E-state index contributed by atoms with van der Waals surface area (Å²) < 4.78 is 1.69. The third kappa shape index (κ3) is 4.72. The van der Waals surface area contributed by atoms with Crippen LogP contribution in [0.5, 0.6) is 0 Å². The molecule has 38 heavy (non-hydrogen) atoms. The Hall–Kier alpha value is -5.69. The number of hydrogen-bond donors (Lipinski definition) is 1. The Kier molecular flexibility index (Phi) is 6.40. The Bertz CT molecular complexity index is 1730. The molecule has 0 bridgehead atoms. The number of amides is 1. The van der Waals surface area contributed by atoms with Crippen LogP contribution in [0, 0.1) is 28.4 Å². The van der Waals surface area contributed by atoms with Crippen LogP contribution in [0.1, 0.15) is 27.2 Å². The number of non-ortho nitro benzene ring substituents is 1. The normalized spacial score (nSPS) is 10.9. The van der Waals surface area contributed by atoms with Crippen molar-refractivity contribution < 1.29 is 9.72 Å². The lowest BCUT2D eigenvalue weighted by atomic mass is 10.0. The quantitative estimate of drug-likeness (QED) is 0.199. The van der Waals surface area contributed by atoms with Gasteiger partial charge in [0.2, 0.25) is 0 Å². The Labute approximate surface area is 216 Å². The third-order valence-corrected chi connectivity index (χ3v) is 5.85. The first-order valence-electron chi connectivity index (χ1n) is 11.5. The second kappa shape index (κ2) is 10.1. The molecule has 1 N–H and O–H groups in total. The van der Waals surface area contributed by atoms with Crippen LogP contribution >= 0.6 is 0 Å². The molecule has 0 saturated carbocycles. The monoisotopic (exact) mass is 501 g/mol. The number of hydrogen-bond acceptors (Lipinski definition) is 7. The SMILES string of the molecule is Cc1nn(-c2ccccc2)c2nc(-c3ccc(C#N)cc3)cc(C(=O)N/N=C\c3ccc([N+](=O)[O-])cc3)c12. The number of nitro benzene ring substituents is 1. The fourth-order valence-electron chi connectivity index (χ4n) is 3.99. The highest BCUT2D eigenvalue weighted by atomic mass is 16.6. The smallest absolute Gasteiger partial charge is 0.267 e. The first-order valence-corrected chi connectivity index (χ1v) is 11.5. The van der Waals surface area contributed by atoms with Gasteiger partial charge in [-0.3, -0.25) is 14.9 Å². The molecule has 0 unspecified atom stereocenters. The van der Waals surface area contributed by atoms with Gasteiger partial charge in [0, 0.05) is 17.7 Å². The summed E-state index contributed by atoms with van der Waals surface area (Å²) in [4.78, 5) is 28.6. The second-order valence-electron chi connectivity index (χ2n) is 8.32. The van der Waals surface area contributed by atoms with Gasteiger partial charge < -0.3 is 0 Å². The fraction of sp³-hybridized carbons (Fsp3) is 0.0357. The van der Waals surface area contributed by atoms with Crippen molar-refractivity contribution in [3.8, 4) is 23.0 Å². The average Bonchev–Trinajstić information content (AvgIpc) is 3.29. The molecule has 5 aromatic rings. The van der Waals surface area contributed by atoms with Crippen LogP contribution in [0.3, 0.4) is 0 Å². The standard InChI is InChI=1S/C28H19N7O3/c1-18-26-24(28(36)32-30-17-20-9-13-23(14-10-20)35(37)38)15-25(21-11-7-19(16-29)8-12-21)31-27(26)34(33-18)22-5-3-2-4-6-22/h2-15,17H,1H3,(H,32,36)/b30-17-. The number of carbonyl (C=O) groups is 1. The van der Waals surface area contributed by atoms with Crippen molar-refractivity contribution in [2.75, 3.05) is 0 Å². The van der Waals surface area contributed by atoms with E-state index in [-0.39, 0.29) is 5.69 Å². The largest absolute Gasteiger partial charge is 0.272 e. The molecule has 184 valence electrons. The van der Waals surface area contributed by atoms with Gasteiger partial charge in [0.25, 0.3) is 11.6 Å². The highest BCUT2D eigenvalue weighted by molar-refractivity contribution is 6.08. The predicted octanol–water partition coefficient (Wildman–Crippen LogP) is 4.94. The molecule has 0 aliphatic carbocycles. The molecule has 0 saturated heterocycles. The number of hydrazone groups is 1. The van der Waals surface area contributed by atoms with Crippen LogP contribution in [-0.4, -0.2) is 31.8 Å². The molecular weight excluding hydrogens is 482 g/mol. The zero-order valence-electron chi connectivity index (χ0n) is 20.1. The van der Waals surface area contributed by atoms with E-state index in [4.69, 9.17) is 10.2 Å². The van der Waals surface area contributed by atoms with Crippen LogP contribution in [0.4, 0.5) is 5.69 Å². The van der Waals surface area contributed by atoms with Crippen LogP contribution in [-0.2, 0) is 0 Å². The maximum absolute atomic E-state index is 13.4. The van der Waals surface area contributed by atoms with Gasteiger partial charge in [0.1, 0.15) is 0 Å². The number of fused-ring (bicyclic) bond motifs is 1. The maximum Gasteiger partial charge on any atom is 0.272 e. The number of nitrogens with one attached hydrogen (secondary N) is 1. The van der Waals surface area contributed by atoms with Gasteiger partial charge in [-0.1, -0.05) is 30.3 Å². The molecule has 1 amide bonds. The number of benzene rings is 3. The first-order chi connectivity index (χ1) is 18.4. The van der Waals surface area contributed by atoms with Crippen molar-refractivity contribution in [3.05, 3.63) is 117 Å². The topological polar surface area (TPSA) is 139 Å². The van der Waals surface area contributed by atoms with Crippen molar-refractivity contribution >= 4 is 28.8 Å². The van der Waals surface area contributed by atoms with E-state index in [9.17, 15) is 14.9 Å². The minimum absolute atomic E-state index is 0.0356. The number of nitrogens with zero attached hydrogens (tertiary/aromatic N) is 6. The summed E-state index contributed by atoms with van der Waals surface area (Å²) in [5.74, 6) is -0.471. The van der Waals surface area contributed by atoms with Crippen LogP contribution < -0.4 is 5.43 Å². The summed E-state index contributed by atoms with van der Waals surface area (Å²) in [5, 5.41) is 29.3. The van der Waals surface area contributed by atoms with Gasteiger partial charge in [0.15, 0.2) is 5.65 Å². The fourth-order valence-corrected chi connectivity index (χ4v) is 3.99. The lowest BCUT2D eigenvalue weighted by molar-refractivity contribution is -0.384. The lowest BCUT2D eigenvalue weighted by Gasteiger charge is -2.09. The summed E-state index contributed by atoms with van der Waals surface area (Å²) in [5.41, 5.74) is 7.10. The minimum atomic E-state index is -0.485. The van der Waals surface area contributed by atoms with Gasteiger partial charge in [-0.05, 0) is 55.0 Å². The molecule has 0 aliphatic heterocycles. The van der Waals surface area contributed by atoms with E-state index in [1.807, 2.05) is 37.3 Å². The molecule has 5 rings (SSSR count). The Balaban J connectivity index is 1.56. The molecule has 2 heterocycles. The number of nitriles is 1. The molecule has 0 atom stereocenters. The summed E-state index contributed by atoms with van der Waals surface area (Å²) in [7, 11) is 0. The van der Waals surface area contributed by atoms with Gasteiger partial charge in [-0.25, -0.2) is 15.1 Å². The van der Waals surface area contributed by atoms with Crippen molar-refractivity contribution in [1.82, 2.24) is 20.2 Å². The molecule has 10 nitrogen and oxygen atoms in total. The zero-order valence-corrected chi connectivity index (χ0v) is 20.1. The number of aryl methyl sites for hydroxylation is 1. The highest BCUT2D eigenvalue weighted by Gasteiger charge is 2.21. The van der Waals surface area contributed by atoms with E-state index in [0.29, 0.717) is 39.1 Å². The molecule has 0 fully saturated rings. The number of para-hydroxylation sites is 1. The van der Waals surface area contributed by atoms with E-state index < -0.39 is 10.8 Å². The average molecular weight is 502 g/mol. The Morgan fingerprint density at radius 1 is 1.08 bits per heavy atom. The summed E-state index contributed by atoms with van der Waals surface area (Å²) >= 11 is 0. The first kappa shape index (κ1) is 24.0. The highest BCUT2D eigenvalue weighted by Crippen LogP contribution is 2.29. The number of pyridine rings is 1. The van der Waals surface area contributed by atoms with Crippen molar-refractivity contribution in [1.29, 1.82) is 5.26 Å². The van der Waals surface area contributed by atoms with Crippen LogP contribution in [0.2, 0.25) is 0 Å². The van der Waals surface area contributed by atoms with Crippen LogP contribution in [0.25, 0.3) is 28.0 Å².